The van der Waals surface area contributed by atoms with Crippen molar-refractivity contribution in [3.8, 4) is 11.5 Å². The lowest BCUT2D eigenvalue weighted by Crippen LogP contribution is -2.15. The highest BCUT2D eigenvalue weighted by Gasteiger charge is 2.33. The summed E-state index contributed by atoms with van der Waals surface area (Å²) in [5.41, 5.74) is 0.380. The maximum atomic E-state index is 11.7. The molecule has 2 heterocycles. The summed E-state index contributed by atoms with van der Waals surface area (Å²) in [7, 11) is 0. The van der Waals surface area contributed by atoms with Crippen molar-refractivity contribution in [1.82, 2.24) is 0 Å². The summed E-state index contributed by atoms with van der Waals surface area (Å²) in [6.07, 6.45) is 1.04. The lowest BCUT2D eigenvalue weighted by molar-refractivity contribution is -0.116. The van der Waals surface area contributed by atoms with E-state index in [2.05, 4.69) is 15.5 Å². The van der Waals surface area contributed by atoms with E-state index in [4.69, 9.17) is 9.47 Å². The van der Waals surface area contributed by atoms with E-state index in [0.29, 0.717) is 30.0 Å². The first-order valence-electron chi connectivity index (χ1n) is 5.78. The Labute approximate surface area is 104 Å². The van der Waals surface area contributed by atoms with Crippen LogP contribution in [-0.2, 0) is 4.79 Å². The van der Waals surface area contributed by atoms with Gasteiger partial charge in [0, 0.05) is 24.6 Å². The molecule has 6 heteroatoms. The minimum atomic E-state index is -0.327. The highest BCUT2D eigenvalue weighted by atomic mass is 16.7. The van der Waals surface area contributed by atoms with Gasteiger partial charge < -0.3 is 14.8 Å². The maximum Gasteiger partial charge on any atom is 0.231 e. The third kappa shape index (κ3) is 2.27. The van der Waals surface area contributed by atoms with Gasteiger partial charge >= 0.3 is 0 Å². The molecule has 0 aromatic heterocycles. The smallest absolute Gasteiger partial charge is 0.231 e. The van der Waals surface area contributed by atoms with E-state index in [1.165, 1.54) is 0 Å². The summed E-state index contributed by atoms with van der Waals surface area (Å²) in [5, 5.41) is 10.6. The zero-order chi connectivity index (χ0) is 12.6. The molecule has 2 aliphatic rings. The number of hydrogen-bond donors (Lipinski definition) is 1. The second-order valence-corrected chi connectivity index (χ2v) is 4.53. The molecule has 1 N–H and O–H groups in total. The van der Waals surface area contributed by atoms with Crippen molar-refractivity contribution in [2.75, 3.05) is 12.1 Å². The molecule has 0 spiro atoms. The third-order valence-electron chi connectivity index (χ3n) is 2.92. The molecule has 0 saturated heterocycles. The van der Waals surface area contributed by atoms with Gasteiger partial charge in [-0.1, -0.05) is 0 Å². The quantitative estimate of drug-likeness (QED) is 0.887. The Morgan fingerprint density at radius 2 is 2.17 bits per heavy atom. The molecule has 18 heavy (non-hydrogen) atoms. The molecule has 0 unspecified atom stereocenters. The number of nitrogens with one attached hydrogen (secondary N) is 1. The minimum absolute atomic E-state index is 0.0487. The third-order valence-corrected chi connectivity index (χ3v) is 2.92. The molecule has 0 saturated carbocycles. The molecule has 94 valence electrons. The second-order valence-electron chi connectivity index (χ2n) is 4.53. The van der Waals surface area contributed by atoms with Crippen LogP contribution >= 0.6 is 0 Å². The van der Waals surface area contributed by atoms with Crippen LogP contribution in [0.3, 0.4) is 0 Å². The van der Waals surface area contributed by atoms with Crippen molar-refractivity contribution in [2.24, 2.45) is 10.2 Å². The summed E-state index contributed by atoms with van der Waals surface area (Å²) in [6.45, 7) is 2.13. The highest BCUT2D eigenvalue weighted by Crippen LogP contribution is 2.35. The monoisotopic (exact) mass is 247 g/mol. The number of carbonyl (C=O) groups is 1. The average Bonchev–Trinajstić information content (AvgIpc) is 2.90. The van der Waals surface area contributed by atoms with Gasteiger partial charge in [0.25, 0.3) is 0 Å². The lowest BCUT2D eigenvalue weighted by atomic mass is 10.1. The fourth-order valence-corrected chi connectivity index (χ4v) is 1.73. The molecule has 0 aliphatic carbocycles. The Hall–Kier alpha value is -2.11. The van der Waals surface area contributed by atoms with Gasteiger partial charge in [0.2, 0.25) is 12.7 Å². The molecular formula is C12H13N3O3. The van der Waals surface area contributed by atoms with Gasteiger partial charge in [-0.15, -0.1) is 0 Å². The Morgan fingerprint density at radius 3 is 2.94 bits per heavy atom. The number of carbonyl (C=O) groups excluding carboxylic acids is 1. The van der Waals surface area contributed by atoms with Crippen molar-refractivity contribution in [3.05, 3.63) is 18.2 Å². The highest BCUT2D eigenvalue weighted by molar-refractivity contribution is 5.91. The largest absolute Gasteiger partial charge is 0.454 e. The fourth-order valence-electron chi connectivity index (χ4n) is 1.73. The van der Waals surface area contributed by atoms with Crippen LogP contribution < -0.4 is 14.8 Å². The van der Waals surface area contributed by atoms with Crippen molar-refractivity contribution in [1.29, 1.82) is 0 Å². The minimum Gasteiger partial charge on any atom is -0.454 e. The molecule has 6 nitrogen and oxygen atoms in total. The molecule has 0 fully saturated rings. The number of benzene rings is 1. The van der Waals surface area contributed by atoms with Crippen LogP contribution in [0.15, 0.2) is 28.4 Å². The number of amides is 1. The van der Waals surface area contributed by atoms with Crippen LogP contribution in [0.25, 0.3) is 0 Å². The molecule has 1 amide bonds. The molecule has 0 radical (unpaired) electrons. The summed E-state index contributed by atoms with van der Waals surface area (Å²) < 4.78 is 10.4. The standard InChI is InChI=1S/C12H13N3O3/c1-12(14-15-12)5-4-11(16)13-8-2-3-9-10(6-8)18-7-17-9/h2-3,6H,4-5,7H2,1H3,(H,13,16). The Morgan fingerprint density at radius 1 is 1.39 bits per heavy atom. The SMILES string of the molecule is CC1(CCC(=O)Nc2ccc3c(c2)OCO3)N=N1. The number of ether oxygens (including phenoxy) is 2. The average molecular weight is 247 g/mol. The first kappa shape index (κ1) is 11.0. The number of fused-ring (bicyclic) bond motifs is 1. The second kappa shape index (κ2) is 3.97. The Kier molecular flexibility index (Phi) is 2.43. The number of hydrogen-bond acceptors (Lipinski definition) is 5. The number of nitrogens with zero attached hydrogens (tertiary/aromatic N) is 2. The van der Waals surface area contributed by atoms with Crippen molar-refractivity contribution >= 4 is 11.6 Å². The van der Waals surface area contributed by atoms with Gasteiger partial charge in [-0.2, -0.15) is 10.2 Å². The van der Waals surface area contributed by atoms with Crippen LogP contribution in [0.4, 0.5) is 5.69 Å². The zero-order valence-electron chi connectivity index (χ0n) is 9.97. The maximum absolute atomic E-state index is 11.7. The van der Waals surface area contributed by atoms with Crippen molar-refractivity contribution in [3.63, 3.8) is 0 Å². The Bertz CT molecular complexity index is 521. The predicted molar refractivity (Wildman–Crippen MR) is 63.7 cm³/mol. The lowest BCUT2D eigenvalue weighted by Gasteiger charge is -2.07. The van der Waals surface area contributed by atoms with Gasteiger partial charge in [0.1, 0.15) is 0 Å². The summed E-state index contributed by atoms with van der Waals surface area (Å²) in [6, 6.07) is 5.33. The van der Waals surface area contributed by atoms with Crippen molar-refractivity contribution in [2.45, 2.75) is 25.4 Å². The molecule has 0 bridgehead atoms. The Balaban J connectivity index is 1.57. The van der Waals surface area contributed by atoms with E-state index >= 15 is 0 Å². The molecule has 2 aliphatic heterocycles. The van der Waals surface area contributed by atoms with Gasteiger partial charge in [0.15, 0.2) is 17.2 Å². The van der Waals surface area contributed by atoms with E-state index < -0.39 is 0 Å². The first-order valence-corrected chi connectivity index (χ1v) is 5.78. The van der Waals surface area contributed by atoms with Crippen LogP contribution in [0.2, 0.25) is 0 Å². The summed E-state index contributed by atoms with van der Waals surface area (Å²) in [4.78, 5) is 11.7. The van der Waals surface area contributed by atoms with E-state index in [-0.39, 0.29) is 18.4 Å². The fraction of sp³-hybridized carbons (Fsp3) is 0.417. The van der Waals surface area contributed by atoms with Crippen LogP contribution in [0.1, 0.15) is 19.8 Å². The van der Waals surface area contributed by atoms with Gasteiger partial charge in [0.05, 0.1) is 0 Å². The molecular weight excluding hydrogens is 234 g/mol. The van der Waals surface area contributed by atoms with Crippen LogP contribution in [0.5, 0.6) is 11.5 Å². The molecule has 0 atom stereocenters. The number of anilines is 1. The van der Waals surface area contributed by atoms with E-state index in [0.717, 1.165) is 0 Å². The van der Waals surface area contributed by atoms with Crippen LogP contribution in [-0.4, -0.2) is 18.4 Å². The van der Waals surface area contributed by atoms with Gasteiger partial charge in [-0.3, -0.25) is 4.79 Å². The predicted octanol–water partition coefficient (Wildman–Crippen LogP) is 2.32. The summed E-state index contributed by atoms with van der Waals surface area (Å²) >= 11 is 0. The molecule has 1 aromatic carbocycles. The zero-order valence-corrected chi connectivity index (χ0v) is 9.97. The van der Waals surface area contributed by atoms with Gasteiger partial charge in [-0.05, 0) is 19.1 Å². The van der Waals surface area contributed by atoms with E-state index in [9.17, 15) is 4.79 Å². The van der Waals surface area contributed by atoms with E-state index in [1.807, 2.05) is 6.92 Å². The van der Waals surface area contributed by atoms with Crippen molar-refractivity contribution < 1.29 is 14.3 Å². The summed E-state index contributed by atoms with van der Waals surface area (Å²) in [5.74, 6) is 1.32. The normalized spacial score (nSPS) is 17.6. The number of rotatable bonds is 4. The molecule has 1 aromatic rings. The topological polar surface area (TPSA) is 72.3 Å². The molecule has 3 rings (SSSR count). The van der Waals surface area contributed by atoms with Gasteiger partial charge in [-0.25, -0.2) is 0 Å². The van der Waals surface area contributed by atoms with Crippen LogP contribution in [0, 0.1) is 0 Å². The van der Waals surface area contributed by atoms with E-state index in [1.54, 1.807) is 18.2 Å². The first-order chi connectivity index (χ1) is 8.65.